The van der Waals surface area contributed by atoms with Gasteiger partial charge in [-0.15, -0.1) is 0 Å². The van der Waals surface area contributed by atoms with Crippen LogP contribution in [0.2, 0.25) is 0 Å². The van der Waals surface area contributed by atoms with Crippen molar-refractivity contribution in [3.8, 4) is 56.4 Å². The summed E-state index contributed by atoms with van der Waals surface area (Å²) in [5, 5.41) is 6.43. The van der Waals surface area contributed by atoms with Crippen molar-refractivity contribution in [2.75, 3.05) is 0 Å². The Bertz CT molecular complexity index is 2900. The largest absolute Gasteiger partial charge is 0.455 e. The van der Waals surface area contributed by atoms with Gasteiger partial charge in [0.25, 0.3) is 0 Å². The van der Waals surface area contributed by atoms with Crippen LogP contribution >= 0.6 is 0 Å². The van der Waals surface area contributed by atoms with Gasteiger partial charge in [0, 0.05) is 32.8 Å². The molecule has 4 nitrogen and oxygen atoms in total. The van der Waals surface area contributed by atoms with Gasteiger partial charge in [-0.25, -0.2) is 15.0 Å². The Kier molecular flexibility index (Phi) is 6.78. The first kappa shape index (κ1) is 29.0. The predicted molar refractivity (Wildman–Crippen MR) is 209 cm³/mol. The number of aromatic nitrogens is 3. The second-order valence-electron chi connectivity index (χ2n) is 12.8. The highest BCUT2D eigenvalue weighted by Crippen LogP contribution is 2.43. The van der Waals surface area contributed by atoms with Crippen LogP contribution in [-0.4, -0.2) is 15.0 Å². The Labute approximate surface area is 294 Å². The van der Waals surface area contributed by atoms with Crippen molar-refractivity contribution in [3.63, 3.8) is 0 Å². The molecule has 10 rings (SSSR count). The first-order valence-corrected chi connectivity index (χ1v) is 17.1. The van der Waals surface area contributed by atoms with E-state index in [2.05, 4.69) is 121 Å². The number of hydrogen-bond donors (Lipinski definition) is 0. The molecule has 0 radical (unpaired) electrons. The Hall–Kier alpha value is -6.91. The lowest BCUT2D eigenvalue weighted by Gasteiger charge is -2.13. The second-order valence-corrected chi connectivity index (χ2v) is 12.8. The average molecular weight is 652 g/mol. The molecule has 10 aromatic rings. The van der Waals surface area contributed by atoms with E-state index in [1.165, 1.54) is 11.1 Å². The highest BCUT2D eigenvalue weighted by atomic mass is 16.3. The molecule has 0 saturated carbocycles. The van der Waals surface area contributed by atoms with Crippen LogP contribution in [0.3, 0.4) is 0 Å². The summed E-state index contributed by atoms with van der Waals surface area (Å²) < 4.78 is 6.63. The molecule has 2 heterocycles. The van der Waals surface area contributed by atoms with E-state index in [1.807, 2.05) is 54.6 Å². The van der Waals surface area contributed by atoms with Gasteiger partial charge in [0.15, 0.2) is 17.5 Å². The maximum absolute atomic E-state index is 6.63. The molecule has 0 bridgehead atoms. The second kappa shape index (κ2) is 11.9. The minimum Gasteiger partial charge on any atom is -0.455 e. The maximum atomic E-state index is 6.63. The molecular weight excluding hydrogens is 623 g/mol. The standard InChI is InChI=1S/C47H29N3O/c1-4-13-30(14-5-1)33-23-24-35-28-36(26-25-34(35)27-33)46-48-45(32-17-8-3-9-18-32)49-47(50-46)41-29-40-38-19-10-11-22-42(38)51-44(40)43-37(20-12-21-39(41)43)31-15-6-2-7-16-31/h1-29H. The highest BCUT2D eigenvalue weighted by Gasteiger charge is 2.21. The van der Waals surface area contributed by atoms with Crippen molar-refractivity contribution in [2.24, 2.45) is 0 Å². The van der Waals surface area contributed by atoms with Gasteiger partial charge < -0.3 is 4.42 Å². The van der Waals surface area contributed by atoms with Crippen LogP contribution in [-0.2, 0) is 0 Å². The highest BCUT2D eigenvalue weighted by molar-refractivity contribution is 6.22. The van der Waals surface area contributed by atoms with Gasteiger partial charge in [-0.1, -0.05) is 152 Å². The van der Waals surface area contributed by atoms with E-state index < -0.39 is 0 Å². The first-order valence-electron chi connectivity index (χ1n) is 17.1. The summed E-state index contributed by atoms with van der Waals surface area (Å²) in [5.41, 5.74) is 9.10. The van der Waals surface area contributed by atoms with Gasteiger partial charge in [0.1, 0.15) is 11.2 Å². The molecule has 51 heavy (non-hydrogen) atoms. The van der Waals surface area contributed by atoms with Crippen LogP contribution in [0.1, 0.15) is 0 Å². The van der Waals surface area contributed by atoms with Crippen molar-refractivity contribution in [3.05, 3.63) is 176 Å². The molecule has 0 aliphatic heterocycles. The van der Waals surface area contributed by atoms with E-state index in [0.717, 1.165) is 71.3 Å². The summed E-state index contributed by atoms with van der Waals surface area (Å²) in [5.74, 6) is 1.86. The third kappa shape index (κ3) is 5.04. The zero-order valence-electron chi connectivity index (χ0n) is 27.5. The molecule has 0 atom stereocenters. The number of furan rings is 1. The minimum absolute atomic E-state index is 0.612. The molecule has 4 heteroatoms. The van der Waals surface area contributed by atoms with Gasteiger partial charge >= 0.3 is 0 Å². The van der Waals surface area contributed by atoms with Crippen molar-refractivity contribution in [2.45, 2.75) is 0 Å². The minimum atomic E-state index is 0.612. The Morgan fingerprint density at radius 3 is 1.65 bits per heavy atom. The van der Waals surface area contributed by atoms with Crippen LogP contribution in [0, 0.1) is 0 Å². The van der Waals surface area contributed by atoms with Crippen LogP contribution in [0.4, 0.5) is 0 Å². The number of rotatable bonds is 5. The molecule has 0 aliphatic rings. The van der Waals surface area contributed by atoms with Crippen LogP contribution < -0.4 is 0 Å². The maximum Gasteiger partial charge on any atom is 0.164 e. The van der Waals surface area contributed by atoms with Crippen LogP contribution in [0.15, 0.2) is 180 Å². The van der Waals surface area contributed by atoms with E-state index in [-0.39, 0.29) is 0 Å². The van der Waals surface area contributed by atoms with E-state index in [0.29, 0.717) is 17.5 Å². The molecule has 8 aromatic carbocycles. The lowest BCUT2D eigenvalue weighted by molar-refractivity contribution is 0.673. The van der Waals surface area contributed by atoms with Gasteiger partial charge in [-0.2, -0.15) is 0 Å². The molecular formula is C47H29N3O. The van der Waals surface area contributed by atoms with Crippen LogP contribution in [0.25, 0.3) is 99.9 Å². The van der Waals surface area contributed by atoms with E-state index in [4.69, 9.17) is 19.4 Å². The molecule has 238 valence electrons. The number of fused-ring (bicyclic) bond motifs is 6. The lowest BCUT2D eigenvalue weighted by Crippen LogP contribution is -2.01. The van der Waals surface area contributed by atoms with Crippen molar-refractivity contribution in [1.82, 2.24) is 15.0 Å². The summed E-state index contributed by atoms with van der Waals surface area (Å²) in [6, 6.07) is 61.0. The zero-order valence-corrected chi connectivity index (χ0v) is 27.5. The topological polar surface area (TPSA) is 51.8 Å². The molecule has 0 N–H and O–H groups in total. The van der Waals surface area contributed by atoms with Gasteiger partial charge in [-0.3, -0.25) is 0 Å². The summed E-state index contributed by atoms with van der Waals surface area (Å²) >= 11 is 0. The summed E-state index contributed by atoms with van der Waals surface area (Å²) in [6.45, 7) is 0. The number of hydrogen-bond acceptors (Lipinski definition) is 4. The average Bonchev–Trinajstić information content (AvgIpc) is 3.59. The van der Waals surface area contributed by atoms with E-state index in [1.54, 1.807) is 0 Å². The third-order valence-electron chi connectivity index (χ3n) is 9.70. The number of nitrogens with zero attached hydrogens (tertiary/aromatic N) is 3. The van der Waals surface area contributed by atoms with Gasteiger partial charge in [0.05, 0.1) is 0 Å². The monoisotopic (exact) mass is 651 g/mol. The number of para-hydroxylation sites is 1. The molecule has 0 aliphatic carbocycles. The normalized spacial score (nSPS) is 11.5. The smallest absolute Gasteiger partial charge is 0.164 e. The Morgan fingerprint density at radius 2 is 0.902 bits per heavy atom. The van der Waals surface area contributed by atoms with Crippen LogP contribution in [0.5, 0.6) is 0 Å². The van der Waals surface area contributed by atoms with Crippen molar-refractivity contribution in [1.29, 1.82) is 0 Å². The number of benzene rings is 8. The van der Waals surface area contributed by atoms with Gasteiger partial charge in [-0.05, 0) is 62.7 Å². The first-order chi connectivity index (χ1) is 25.3. The Balaban J connectivity index is 1.22. The zero-order chi connectivity index (χ0) is 33.7. The molecule has 0 saturated heterocycles. The van der Waals surface area contributed by atoms with Gasteiger partial charge in [0.2, 0.25) is 0 Å². The summed E-state index contributed by atoms with van der Waals surface area (Å²) in [7, 11) is 0. The summed E-state index contributed by atoms with van der Waals surface area (Å²) in [6.07, 6.45) is 0. The molecule has 0 amide bonds. The Morgan fingerprint density at radius 1 is 0.333 bits per heavy atom. The predicted octanol–water partition coefficient (Wildman–Crippen LogP) is 12.4. The molecule has 0 fully saturated rings. The third-order valence-corrected chi connectivity index (χ3v) is 9.70. The van der Waals surface area contributed by atoms with Crippen molar-refractivity contribution >= 4 is 43.5 Å². The molecule has 0 unspecified atom stereocenters. The van der Waals surface area contributed by atoms with E-state index in [9.17, 15) is 0 Å². The fourth-order valence-corrected chi connectivity index (χ4v) is 7.22. The fourth-order valence-electron chi connectivity index (χ4n) is 7.22. The fraction of sp³-hybridized carbons (Fsp3) is 0. The molecule has 2 aromatic heterocycles. The van der Waals surface area contributed by atoms with E-state index >= 15 is 0 Å². The van der Waals surface area contributed by atoms with Crippen molar-refractivity contribution < 1.29 is 4.42 Å². The molecule has 0 spiro atoms. The lowest BCUT2D eigenvalue weighted by atomic mass is 9.93. The quantitative estimate of drug-likeness (QED) is 0.186. The summed E-state index contributed by atoms with van der Waals surface area (Å²) in [4.78, 5) is 15.5. The SMILES string of the molecule is c1ccc(-c2ccc3cc(-c4nc(-c5ccccc5)nc(-c5cc6c7ccccc7oc6c6c(-c7ccccc7)cccc56)n4)ccc3c2)cc1.